The average molecular weight is 487 g/mol. The van der Waals surface area contributed by atoms with E-state index in [2.05, 4.69) is 66.9 Å². The van der Waals surface area contributed by atoms with Crippen LogP contribution in [0.1, 0.15) is 23.6 Å². The molecule has 4 nitrogen and oxygen atoms in total. The van der Waals surface area contributed by atoms with Crippen molar-refractivity contribution in [3.63, 3.8) is 0 Å². The Labute approximate surface area is 174 Å². The molecule has 0 saturated carbocycles. The standard InChI is InChI=1S/C21H18IN3OS/c1-2-25-13-16(7-8-27-22)20(26)19-11-18(12-23-21(19)25)24-17-9-14-5-3-4-6-15(14)10-17/h3-6,11-13,17,24H,2,9-10H2,1H3. The van der Waals surface area contributed by atoms with Crippen molar-refractivity contribution in [2.75, 3.05) is 5.32 Å². The highest BCUT2D eigenvalue weighted by Gasteiger charge is 2.21. The molecule has 0 amide bonds. The maximum atomic E-state index is 12.9. The van der Waals surface area contributed by atoms with Gasteiger partial charge in [0.1, 0.15) is 5.65 Å². The number of pyridine rings is 2. The van der Waals surface area contributed by atoms with Crippen LogP contribution < -0.4 is 10.7 Å². The van der Waals surface area contributed by atoms with E-state index in [1.807, 2.05) is 23.8 Å². The quantitative estimate of drug-likeness (QED) is 0.440. The molecule has 0 bridgehead atoms. The first-order valence-electron chi connectivity index (χ1n) is 8.84. The van der Waals surface area contributed by atoms with E-state index < -0.39 is 0 Å². The molecule has 1 aliphatic carbocycles. The van der Waals surface area contributed by atoms with Gasteiger partial charge in [-0.2, -0.15) is 0 Å². The number of nitrogens with zero attached hydrogens (tertiary/aromatic N) is 2. The van der Waals surface area contributed by atoms with E-state index in [-0.39, 0.29) is 5.43 Å². The third-order valence-electron chi connectivity index (χ3n) is 4.90. The first kappa shape index (κ1) is 18.4. The first-order valence-corrected chi connectivity index (χ1v) is 12.2. The van der Waals surface area contributed by atoms with Crippen molar-refractivity contribution in [2.45, 2.75) is 32.4 Å². The number of aryl methyl sites for hydroxylation is 1. The molecule has 0 spiro atoms. The van der Waals surface area contributed by atoms with E-state index in [4.69, 9.17) is 0 Å². The van der Waals surface area contributed by atoms with Gasteiger partial charge < -0.3 is 9.88 Å². The predicted octanol–water partition coefficient (Wildman–Crippen LogP) is 4.39. The lowest BCUT2D eigenvalue weighted by Gasteiger charge is -2.15. The fourth-order valence-electron chi connectivity index (χ4n) is 3.65. The van der Waals surface area contributed by atoms with Crippen molar-refractivity contribution in [3.05, 3.63) is 69.6 Å². The molecule has 0 unspecified atom stereocenters. The van der Waals surface area contributed by atoms with Crippen LogP contribution in [0.3, 0.4) is 0 Å². The Balaban J connectivity index is 1.69. The van der Waals surface area contributed by atoms with Crippen molar-refractivity contribution in [2.24, 2.45) is 0 Å². The highest BCUT2D eigenvalue weighted by atomic mass is 127. The largest absolute Gasteiger partial charge is 0.380 e. The molecule has 1 N–H and O–H groups in total. The summed E-state index contributed by atoms with van der Waals surface area (Å²) in [5.74, 6) is 2.96. The Morgan fingerprint density at radius 3 is 2.74 bits per heavy atom. The maximum absolute atomic E-state index is 12.9. The fourth-order valence-corrected chi connectivity index (χ4v) is 4.13. The van der Waals surface area contributed by atoms with Crippen LogP contribution in [0.15, 0.2) is 47.5 Å². The third kappa shape index (κ3) is 3.71. The van der Waals surface area contributed by atoms with Crippen LogP contribution >= 0.6 is 30.1 Å². The number of hydrogen-bond donors (Lipinski definition) is 1. The molecule has 136 valence electrons. The summed E-state index contributed by atoms with van der Waals surface area (Å²) in [6.45, 7) is 2.78. The van der Waals surface area contributed by atoms with Crippen LogP contribution in [0.4, 0.5) is 5.69 Å². The summed E-state index contributed by atoms with van der Waals surface area (Å²) in [7, 11) is 1.38. The molecule has 0 radical (unpaired) electrons. The van der Waals surface area contributed by atoms with E-state index in [0.29, 0.717) is 22.6 Å². The fraction of sp³-hybridized carbons (Fsp3) is 0.238. The van der Waals surface area contributed by atoms with Crippen molar-refractivity contribution in [1.82, 2.24) is 9.55 Å². The second-order valence-corrected chi connectivity index (χ2v) is 8.26. The Bertz CT molecular complexity index is 1100. The molecular weight excluding hydrogens is 469 g/mol. The van der Waals surface area contributed by atoms with Gasteiger partial charge in [0, 0.05) is 40.0 Å². The van der Waals surface area contributed by atoms with Gasteiger partial charge in [0.05, 0.1) is 22.8 Å². The van der Waals surface area contributed by atoms with Crippen LogP contribution in [0.2, 0.25) is 0 Å². The number of rotatable bonds is 3. The van der Waals surface area contributed by atoms with Crippen molar-refractivity contribution >= 4 is 46.9 Å². The van der Waals surface area contributed by atoms with Gasteiger partial charge in [0.2, 0.25) is 5.43 Å². The zero-order valence-corrected chi connectivity index (χ0v) is 17.8. The van der Waals surface area contributed by atoms with Gasteiger partial charge in [0.25, 0.3) is 0 Å². The number of halogens is 1. The molecule has 27 heavy (non-hydrogen) atoms. The second kappa shape index (κ2) is 7.95. The van der Waals surface area contributed by atoms with Gasteiger partial charge in [-0.25, -0.2) is 4.98 Å². The number of benzene rings is 1. The summed E-state index contributed by atoms with van der Waals surface area (Å²) in [4.78, 5) is 17.4. The molecule has 2 heterocycles. The highest BCUT2D eigenvalue weighted by Crippen LogP contribution is 2.25. The summed E-state index contributed by atoms with van der Waals surface area (Å²) < 4.78 is 1.98. The molecule has 0 saturated heterocycles. The summed E-state index contributed by atoms with van der Waals surface area (Å²) in [6, 6.07) is 10.8. The minimum Gasteiger partial charge on any atom is -0.380 e. The number of nitrogens with one attached hydrogen (secondary N) is 1. The molecule has 0 atom stereocenters. The first-order chi connectivity index (χ1) is 13.2. The van der Waals surface area contributed by atoms with Gasteiger partial charge in [-0.15, -0.1) is 0 Å². The third-order valence-corrected chi connectivity index (χ3v) is 5.74. The molecule has 1 aromatic carbocycles. The second-order valence-electron chi connectivity index (χ2n) is 6.58. The SMILES string of the molecule is CCn1cc(C#CSI)c(=O)c2cc(NC3Cc4ccccc4C3)cnc21. The lowest BCUT2D eigenvalue weighted by molar-refractivity contribution is 0.768. The van der Waals surface area contributed by atoms with Gasteiger partial charge in [-0.1, -0.05) is 24.3 Å². The van der Waals surface area contributed by atoms with Crippen molar-refractivity contribution < 1.29 is 0 Å². The molecular formula is C21H18IN3OS. The average Bonchev–Trinajstić information content (AvgIpc) is 3.10. The lowest BCUT2D eigenvalue weighted by atomic mass is 10.1. The molecule has 2 aromatic heterocycles. The van der Waals surface area contributed by atoms with E-state index in [9.17, 15) is 4.79 Å². The van der Waals surface area contributed by atoms with Crippen LogP contribution in [-0.2, 0) is 19.4 Å². The number of anilines is 1. The normalized spacial score (nSPS) is 13.3. The topological polar surface area (TPSA) is 46.9 Å². The van der Waals surface area contributed by atoms with E-state index in [0.717, 1.165) is 25.1 Å². The molecule has 4 rings (SSSR count). The zero-order valence-electron chi connectivity index (χ0n) is 14.8. The van der Waals surface area contributed by atoms with Gasteiger partial charge in [-0.05, 0) is 57.1 Å². The van der Waals surface area contributed by atoms with Gasteiger partial charge in [0.15, 0.2) is 0 Å². The summed E-state index contributed by atoms with van der Waals surface area (Å²) in [6.07, 6.45) is 5.61. The minimum absolute atomic E-state index is 0.0569. The van der Waals surface area contributed by atoms with Crippen LogP contribution in [0, 0.1) is 11.2 Å². The maximum Gasteiger partial charge on any atom is 0.206 e. The van der Waals surface area contributed by atoms with Crippen molar-refractivity contribution in [1.29, 1.82) is 0 Å². The monoisotopic (exact) mass is 487 g/mol. The Kier molecular flexibility index (Phi) is 5.41. The molecule has 6 heteroatoms. The highest BCUT2D eigenvalue weighted by molar-refractivity contribution is 14.2. The predicted molar refractivity (Wildman–Crippen MR) is 121 cm³/mol. The van der Waals surface area contributed by atoms with Crippen LogP contribution in [-0.4, -0.2) is 15.6 Å². The van der Waals surface area contributed by atoms with Crippen LogP contribution in [0.25, 0.3) is 11.0 Å². The van der Waals surface area contributed by atoms with E-state index >= 15 is 0 Å². The number of aromatic nitrogens is 2. The lowest BCUT2D eigenvalue weighted by Crippen LogP contribution is -2.20. The van der Waals surface area contributed by atoms with E-state index in [1.165, 1.54) is 20.1 Å². The molecule has 1 aliphatic rings. The summed E-state index contributed by atoms with van der Waals surface area (Å²) in [5, 5.41) is 7.08. The molecule has 0 aliphatic heterocycles. The number of fused-ring (bicyclic) bond motifs is 2. The van der Waals surface area contributed by atoms with Crippen LogP contribution in [0.5, 0.6) is 0 Å². The molecule has 0 fully saturated rings. The number of hydrogen-bond acceptors (Lipinski definition) is 4. The zero-order chi connectivity index (χ0) is 18.8. The summed E-state index contributed by atoms with van der Waals surface area (Å²) in [5.41, 5.74) is 4.83. The van der Waals surface area contributed by atoms with E-state index in [1.54, 1.807) is 6.20 Å². The Morgan fingerprint density at radius 1 is 1.33 bits per heavy atom. The minimum atomic E-state index is -0.0569. The smallest absolute Gasteiger partial charge is 0.206 e. The van der Waals surface area contributed by atoms with Gasteiger partial charge in [-0.3, -0.25) is 4.79 Å². The Hall–Kier alpha value is -1.98. The van der Waals surface area contributed by atoms with Gasteiger partial charge >= 0.3 is 0 Å². The molecule has 3 aromatic rings. The summed E-state index contributed by atoms with van der Waals surface area (Å²) >= 11 is 2.11. The van der Waals surface area contributed by atoms with Crippen molar-refractivity contribution in [3.8, 4) is 11.2 Å². The Morgan fingerprint density at radius 2 is 2.07 bits per heavy atom.